The fraction of sp³-hybridized carbons (Fsp3) is 0.0909. The molecule has 9 nitrogen and oxygen atoms in total. The van der Waals surface area contributed by atoms with Crippen molar-refractivity contribution in [2.45, 2.75) is 0 Å². The highest BCUT2D eigenvalue weighted by atomic mass is 16.5. The van der Waals surface area contributed by atoms with Gasteiger partial charge in [-0.1, -0.05) is 6.07 Å². The van der Waals surface area contributed by atoms with Crippen molar-refractivity contribution in [3.63, 3.8) is 0 Å². The molecular formula is C11H11N5O4. The number of H-pyrrole nitrogens is 1. The molecule has 0 fully saturated rings. The number of aliphatic carboxylic acids is 1. The lowest BCUT2D eigenvalue weighted by molar-refractivity contribution is -0.139. The molecule has 0 atom stereocenters. The van der Waals surface area contributed by atoms with Crippen molar-refractivity contribution in [3.05, 3.63) is 30.1 Å². The van der Waals surface area contributed by atoms with Gasteiger partial charge >= 0.3 is 5.97 Å². The van der Waals surface area contributed by atoms with Gasteiger partial charge in [0.2, 0.25) is 11.8 Å². The number of ether oxygens (including phenoxy) is 1. The van der Waals surface area contributed by atoms with Crippen molar-refractivity contribution in [2.24, 2.45) is 0 Å². The Hall–Kier alpha value is -3.10. The molecule has 0 radical (unpaired) electrons. The van der Waals surface area contributed by atoms with E-state index in [1.54, 1.807) is 18.2 Å². The van der Waals surface area contributed by atoms with Crippen LogP contribution in [0.5, 0.6) is 5.75 Å². The number of carbonyl (C=O) groups is 2. The largest absolute Gasteiger partial charge is 0.482 e. The van der Waals surface area contributed by atoms with Crippen LogP contribution in [0.15, 0.2) is 24.3 Å². The fourth-order valence-corrected chi connectivity index (χ4v) is 1.38. The van der Waals surface area contributed by atoms with E-state index in [1.165, 1.54) is 6.07 Å². The number of carboxylic acid groups (broad SMARTS) is 1. The molecule has 0 unspecified atom stereocenters. The molecule has 5 N–H and O–H groups in total. The number of rotatable bonds is 5. The van der Waals surface area contributed by atoms with Gasteiger partial charge in [-0.15, -0.1) is 5.10 Å². The average molecular weight is 277 g/mol. The summed E-state index contributed by atoms with van der Waals surface area (Å²) in [4.78, 5) is 25.8. The number of carboxylic acids is 1. The summed E-state index contributed by atoms with van der Waals surface area (Å²) >= 11 is 0. The predicted molar refractivity (Wildman–Crippen MR) is 68.3 cm³/mol. The van der Waals surface area contributed by atoms with Crippen LogP contribution in [0.1, 0.15) is 10.6 Å². The Balaban J connectivity index is 2.04. The minimum atomic E-state index is -1.09. The second-order valence-electron chi connectivity index (χ2n) is 3.71. The lowest BCUT2D eigenvalue weighted by Crippen LogP contribution is -2.14. The zero-order valence-electron chi connectivity index (χ0n) is 10.2. The number of nitrogens with one attached hydrogen (secondary N) is 2. The highest BCUT2D eigenvalue weighted by Gasteiger charge is 2.11. The van der Waals surface area contributed by atoms with Crippen LogP contribution in [-0.4, -0.2) is 38.8 Å². The van der Waals surface area contributed by atoms with Crippen LogP contribution in [0.25, 0.3) is 0 Å². The molecule has 0 saturated heterocycles. The van der Waals surface area contributed by atoms with Crippen LogP contribution in [0.4, 0.5) is 11.6 Å². The van der Waals surface area contributed by atoms with Crippen LogP contribution >= 0.6 is 0 Å². The molecule has 104 valence electrons. The van der Waals surface area contributed by atoms with Crippen molar-refractivity contribution >= 4 is 23.5 Å². The normalized spacial score (nSPS) is 10.0. The number of hydrogen-bond donors (Lipinski definition) is 4. The summed E-state index contributed by atoms with van der Waals surface area (Å²) in [5, 5.41) is 17.0. The quantitative estimate of drug-likeness (QED) is 0.606. The lowest BCUT2D eigenvalue weighted by atomic mass is 10.3. The third kappa shape index (κ3) is 3.45. The zero-order chi connectivity index (χ0) is 14.5. The Morgan fingerprint density at radius 1 is 1.45 bits per heavy atom. The van der Waals surface area contributed by atoms with Crippen LogP contribution < -0.4 is 15.8 Å². The fourth-order valence-electron chi connectivity index (χ4n) is 1.38. The summed E-state index contributed by atoms with van der Waals surface area (Å²) < 4.78 is 4.99. The molecule has 0 saturated carbocycles. The van der Waals surface area contributed by atoms with E-state index in [2.05, 4.69) is 20.5 Å². The highest BCUT2D eigenvalue weighted by molar-refractivity contribution is 6.01. The van der Waals surface area contributed by atoms with E-state index in [-0.39, 0.29) is 11.8 Å². The second kappa shape index (κ2) is 5.69. The maximum absolute atomic E-state index is 11.8. The Kier molecular flexibility index (Phi) is 3.80. The number of amides is 1. The van der Waals surface area contributed by atoms with Crippen molar-refractivity contribution in [1.29, 1.82) is 0 Å². The lowest BCUT2D eigenvalue weighted by Gasteiger charge is -2.06. The van der Waals surface area contributed by atoms with E-state index in [0.29, 0.717) is 11.4 Å². The first kappa shape index (κ1) is 13.3. The molecule has 1 aromatic carbocycles. The maximum Gasteiger partial charge on any atom is 0.341 e. The van der Waals surface area contributed by atoms with Gasteiger partial charge in [-0.3, -0.25) is 9.89 Å². The van der Waals surface area contributed by atoms with E-state index in [4.69, 9.17) is 15.6 Å². The summed E-state index contributed by atoms with van der Waals surface area (Å²) in [6.07, 6.45) is 0. The summed E-state index contributed by atoms with van der Waals surface area (Å²) in [6.45, 7) is -0.462. The number of nitrogens with two attached hydrogens (primary N) is 1. The van der Waals surface area contributed by atoms with E-state index >= 15 is 0 Å². The van der Waals surface area contributed by atoms with Gasteiger partial charge in [0.15, 0.2) is 6.61 Å². The van der Waals surface area contributed by atoms with Crippen LogP contribution in [0, 0.1) is 0 Å². The standard InChI is InChI=1S/C11H11N5O4/c12-11-14-9(15-16-11)10(19)13-6-2-1-3-7(4-6)20-5-8(17)18/h1-4H,5H2,(H,13,19)(H,17,18)(H3,12,14,15,16). The second-order valence-corrected chi connectivity index (χ2v) is 3.71. The molecule has 20 heavy (non-hydrogen) atoms. The number of nitrogens with zero attached hydrogens (tertiary/aromatic N) is 2. The smallest absolute Gasteiger partial charge is 0.341 e. The van der Waals surface area contributed by atoms with Crippen molar-refractivity contribution in [2.75, 3.05) is 17.7 Å². The number of aromatic amines is 1. The van der Waals surface area contributed by atoms with E-state index < -0.39 is 18.5 Å². The summed E-state index contributed by atoms with van der Waals surface area (Å²) in [6, 6.07) is 6.29. The van der Waals surface area contributed by atoms with Gasteiger partial charge in [0.25, 0.3) is 5.91 Å². The first-order valence-electron chi connectivity index (χ1n) is 5.48. The molecule has 1 aromatic heterocycles. The van der Waals surface area contributed by atoms with E-state index in [1.807, 2.05) is 0 Å². The molecule has 2 rings (SSSR count). The third-order valence-electron chi connectivity index (χ3n) is 2.17. The number of nitrogen functional groups attached to an aromatic ring is 1. The number of carbonyl (C=O) groups excluding carboxylic acids is 1. The average Bonchev–Trinajstić information content (AvgIpc) is 2.84. The van der Waals surface area contributed by atoms with Crippen molar-refractivity contribution in [1.82, 2.24) is 15.2 Å². The third-order valence-corrected chi connectivity index (χ3v) is 2.17. The molecule has 0 bridgehead atoms. The minimum absolute atomic E-state index is 0.0284. The van der Waals surface area contributed by atoms with Gasteiger partial charge in [0, 0.05) is 11.8 Å². The van der Waals surface area contributed by atoms with Gasteiger partial charge in [-0.25, -0.2) is 4.79 Å². The highest BCUT2D eigenvalue weighted by Crippen LogP contribution is 2.17. The molecule has 1 amide bonds. The van der Waals surface area contributed by atoms with Gasteiger partial charge in [0.1, 0.15) is 5.75 Å². The van der Waals surface area contributed by atoms with Gasteiger partial charge in [0.05, 0.1) is 0 Å². The minimum Gasteiger partial charge on any atom is -0.482 e. The Morgan fingerprint density at radius 3 is 2.90 bits per heavy atom. The predicted octanol–water partition coefficient (Wildman–Crippen LogP) is 0.103. The van der Waals surface area contributed by atoms with Gasteiger partial charge < -0.3 is 20.9 Å². The van der Waals surface area contributed by atoms with Crippen LogP contribution in [0.2, 0.25) is 0 Å². The van der Waals surface area contributed by atoms with E-state index in [9.17, 15) is 9.59 Å². The number of benzene rings is 1. The van der Waals surface area contributed by atoms with Gasteiger partial charge in [-0.2, -0.15) is 4.98 Å². The first-order chi connectivity index (χ1) is 9.54. The SMILES string of the molecule is Nc1n[nH]c(C(=O)Nc2cccc(OCC(=O)O)c2)n1. The number of aromatic nitrogens is 3. The molecule has 0 aliphatic carbocycles. The zero-order valence-corrected chi connectivity index (χ0v) is 10.2. The Labute approximate surface area is 112 Å². The van der Waals surface area contributed by atoms with Crippen LogP contribution in [-0.2, 0) is 4.79 Å². The summed E-state index contributed by atoms with van der Waals surface area (Å²) in [5.74, 6) is -1.35. The summed E-state index contributed by atoms with van der Waals surface area (Å²) in [7, 11) is 0. The summed E-state index contributed by atoms with van der Waals surface area (Å²) in [5.41, 5.74) is 5.72. The topological polar surface area (TPSA) is 143 Å². The molecule has 0 aliphatic heterocycles. The number of hydrogen-bond acceptors (Lipinski definition) is 6. The molecule has 0 spiro atoms. The Morgan fingerprint density at radius 2 is 2.25 bits per heavy atom. The van der Waals surface area contributed by atoms with Gasteiger partial charge in [-0.05, 0) is 12.1 Å². The maximum atomic E-state index is 11.8. The monoisotopic (exact) mass is 277 g/mol. The van der Waals surface area contributed by atoms with Crippen LogP contribution in [0.3, 0.4) is 0 Å². The van der Waals surface area contributed by atoms with Crippen molar-refractivity contribution < 1.29 is 19.4 Å². The molecular weight excluding hydrogens is 266 g/mol. The molecule has 2 aromatic rings. The Bertz CT molecular complexity index is 639. The molecule has 9 heteroatoms. The first-order valence-corrected chi connectivity index (χ1v) is 5.48. The molecule has 1 heterocycles. The molecule has 0 aliphatic rings. The van der Waals surface area contributed by atoms with Crippen molar-refractivity contribution in [3.8, 4) is 5.75 Å². The van der Waals surface area contributed by atoms with E-state index in [0.717, 1.165) is 0 Å². The number of anilines is 2.